The Hall–Kier alpha value is -1.68. The van der Waals surface area contributed by atoms with Gasteiger partial charge >= 0.3 is 0 Å². The van der Waals surface area contributed by atoms with Gasteiger partial charge in [0.2, 0.25) is 0 Å². The number of nitrogens with zero attached hydrogens (tertiary/aromatic N) is 1. The summed E-state index contributed by atoms with van der Waals surface area (Å²) < 4.78 is 12.2. The Morgan fingerprint density at radius 1 is 1.07 bits per heavy atom. The molecule has 144 valence electrons. The number of benzene rings is 2. The summed E-state index contributed by atoms with van der Waals surface area (Å²) in [6, 6.07) is 19.6. The van der Waals surface area contributed by atoms with Crippen molar-refractivity contribution in [1.29, 1.82) is 0 Å². The van der Waals surface area contributed by atoms with Crippen molar-refractivity contribution in [1.82, 2.24) is 4.90 Å². The normalized spacial score (nSPS) is 25.4. The topological polar surface area (TPSA) is 21.7 Å². The smallest absolute Gasteiger partial charge is 0.162 e. The number of likely N-dealkylation sites (tertiary alicyclic amines) is 1. The van der Waals surface area contributed by atoms with E-state index in [0.29, 0.717) is 0 Å². The molecule has 3 nitrogen and oxygen atoms in total. The number of rotatable bonds is 6. The van der Waals surface area contributed by atoms with Crippen molar-refractivity contribution in [2.75, 3.05) is 26.7 Å². The van der Waals surface area contributed by atoms with Crippen LogP contribution in [-0.2, 0) is 27.9 Å². The molecule has 3 heteroatoms. The van der Waals surface area contributed by atoms with Gasteiger partial charge in [-0.2, -0.15) is 0 Å². The molecule has 2 atom stereocenters. The Morgan fingerprint density at radius 3 is 2.74 bits per heavy atom. The summed E-state index contributed by atoms with van der Waals surface area (Å²) in [5, 5.41) is 0. The van der Waals surface area contributed by atoms with Crippen molar-refractivity contribution < 1.29 is 9.47 Å². The lowest BCUT2D eigenvalue weighted by Crippen LogP contribution is -2.52. The zero-order chi connectivity index (χ0) is 18.5. The van der Waals surface area contributed by atoms with Crippen molar-refractivity contribution in [2.24, 2.45) is 0 Å². The number of aryl methyl sites for hydroxylation is 1. The first-order valence-corrected chi connectivity index (χ1v) is 10.3. The zero-order valence-corrected chi connectivity index (χ0v) is 16.4. The fourth-order valence-corrected chi connectivity index (χ4v) is 4.73. The highest BCUT2D eigenvalue weighted by Gasteiger charge is 2.44. The molecule has 2 aromatic carbocycles. The third-order valence-electron chi connectivity index (χ3n) is 6.08. The molecule has 2 aliphatic rings. The first kappa shape index (κ1) is 18.7. The van der Waals surface area contributed by atoms with Crippen LogP contribution >= 0.6 is 0 Å². The van der Waals surface area contributed by atoms with Gasteiger partial charge in [0.1, 0.15) is 5.60 Å². The second-order valence-corrected chi connectivity index (χ2v) is 7.96. The fraction of sp³-hybridized carbons (Fsp3) is 0.500. The summed E-state index contributed by atoms with van der Waals surface area (Å²) >= 11 is 0. The van der Waals surface area contributed by atoms with Crippen LogP contribution in [0.25, 0.3) is 0 Å². The maximum absolute atomic E-state index is 6.53. The second-order valence-electron chi connectivity index (χ2n) is 7.96. The SMILES string of the molecule is CO[C@@H]1Cc2ccccc2[C@@]2(CCCN(CCCCc3ccccc3)C2)O1. The molecule has 1 fully saturated rings. The van der Waals surface area contributed by atoms with Gasteiger partial charge in [0.05, 0.1) is 0 Å². The van der Waals surface area contributed by atoms with E-state index in [0.717, 1.165) is 25.9 Å². The van der Waals surface area contributed by atoms with Crippen molar-refractivity contribution in [3.8, 4) is 0 Å². The van der Waals surface area contributed by atoms with Crippen LogP contribution in [-0.4, -0.2) is 37.9 Å². The number of fused-ring (bicyclic) bond motifs is 2. The van der Waals surface area contributed by atoms with Gasteiger partial charge in [-0.05, 0) is 61.9 Å². The zero-order valence-electron chi connectivity index (χ0n) is 16.4. The highest BCUT2D eigenvalue weighted by Crippen LogP contribution is 2.42. The molecule has 4 rings (SSSR count). The monoisotopic (exact) mass is 365 g/mol. The van der Waals surface area contributed by atoms with Gasteiger partial charge in [-0.25, -0.2) is 0 Å². The van der Waals surface area contributed by atoms with Crippen molar-refractivity contribution in [2.45, 2.75) is 50.4 Å². The van der Waals surface area contributed by atoms with Gasteiger partial charge in [-0.15, -0.1) is 0 Å². The minimum absolute atomic E-state index is 0.127. The Labute approximate surface area is 163 Å². The van der Waals surface area contributed by atoms with E-state index in [4.69, 9.17) is 9.47 Å². The van der Waals surface area contributed by atoms with E-state index in [-0.39, 0.29) is 11.9 Å². The predicted octanol–water partition coefficient (Wildman–Crippen LogP) is 4.55. The standard InChI is InChI=1S/C24H31NO2/c1-26-23-18-21-13-5-6-14-22(21)24(27-23)15-9-17-25(19-24)16-8-7-12-20-10-3-2-4-11-20/h2-6,10-11,13-14,23H,7-9,12,15-19H2,1H3/t23-,24-/m0/s1. The summed E-state index contributed by atoms with van der Waals surface area (Å²) in [6.45, 7) is 3.31. The lowest BCUT2D eigenvalue weighted by atomic mass is 9.80. The molecule has 0 bridgehead atoms. The Balaban J connectivity index is 1.38. The number of hydrogen-bond acceptors (Lipinski definition) is 3. The number of unbranched alkanes of at least 4 members (excludes halogenated alkanes) is 1. The molecule has 0 saturated carbocycles. The molecule has 27 heavy (non-hydrogen) atoms. The average molecular weight is 366 g/mol. The van der Waals surface area contributed by atoms with Gasteiger partial charge in [0.15, 0.2) is 6.29 Å². The lowest BCUT2D eigenvalue weighted by Gasteiger charge is -2.48. The fourth-order valence-electron chi connectivity index (χ4n) is 4.73. The van der Waals surface area contributed by atoms with Crippen LogP contribution in [0.2, 0.25) is 0 Å². The van der Waals surface area contributed by atoms with Crippen LogP contribution in [0, 0.1) is 0 Å². The summed E-state index contributed by atoms with van der Waals surface area (Å²) in [7, 11) is 1.76. The van der Waals surface area contributed by atoms with E-state index < -0.39 is 0 Å². The molecule has 0 aliphatic carbocycles. The van der Waals surface area contributed by atoms with E-state index in [9.17, 15) is 0 Å². The van der Waals surface area contributed by atoms with Crippen LogP contribution in [0.5, 0.6) is 0 Å². The maximum atomic E-state index is 6.53. The van der Waals surface area contributed by atoms with Gasteiger partial charge in [-0.3, -0.25) is 0 Å². The Bertz CT molecular complexity index is 732. The third-order valence-corrected chi connectivity index (χ3v) is 6.08. The number of hydrogen-bond donors (Lipinski definition) is 0. The highest BCUT2D eigenvalue weighted by molar-refractivity contribution is 5.35. The molecule has 2 aromatic rings. The number of ether oxygens (including phenoxy) is 2. The average Bonchev–Trinajstić information content (AvgIpc) is 2.72. The molecule has 0 amide bonds. The minimum atomic E-state index is -0.201. The van der Waals surface area contributed by atoms with Crippen LogP contribution in [0.4, 0.5) is 0 Å². The molecule has 0 N–H and O–H groups in total. The van der Waals surface area contributed by atoms with Crippen molar-refractivity contribution >= 4 is 0 Å². The van der Waals surface area contributed by atoms with Crippen molar-refractivity contribution in [3.05, 3.63) is 71.3 Å². The van der Waals surface area contributed by atoms with Gasteiger partial charge < -0.3 is 14.4 Å². The number of piperidine rings is 1. The third kappa shape index (κ3) is 4.26. The Kier molecular flexibility index (Phi) is 5.92. The summed E-state index contributed by atoms with van der Waals surface area (Å²) in [5.41, 5.74) is 4.02. The molecule has 2 aliphatic heterocycles. The summed E-state index contributed by atoms with van der Waals surface area (Å²) in [4.78, 5) is 2.60. The van der Waals surface area contributed by atoms with Crippen LogP contribution in [0.1, 0.15) is 42.4 Å². The molecule has 0 aromatic heterocycles. The van der Waals surface area contributed by atoms with Crippen LogP contribution < -0.4 is 0 Å². The van der Waals surface area contributed by atoms with Crippen LogP contribution in [0.3, 0.4) is 0 Å². The van der Waals surface area contributed by atoms with E-state index in [2.05, 4.69) is 59.5 Å². The molecule has 1 saturated heterocycles. The quantitative estimate of drug-likeness (QED) is 0.701. The van der Waals surface area contributed by atoms with E-state index in [1.165, 1.54) is 48.9 Å². The van der Waals surface area contributed by atoms with Crippen molar-refractivity contribution in [3.63, 3.8) is 0 Å². The maximum Gasteiger partial charge on any atom is 0.162 e. The minimum Gasteiger partial charge on any atom is -0.355 e. The van der Waals surface area contributed by atoms with Crippen LogP contribution in [0.15, 0.2) is 54.6 Å². The molecule has 2 heterocycles. The first-order valence-electron chi connectivity index (χ1n) is 10.3. The first-order chi connectivity index (χ1) is 13.3. The molecule has 0 unspecified atom stereocenters. The Morgan fingerprint density at radius 2 is 1.89 bits per heavy atom. The van der Waals surface area contributed by atoms with E-state index in [1.807, 2.05) is 0 Å². The summed E-state index contributed by atoms with van der Waals surface area (Å²) in [6.07, 6.45) is 6.65. The van der Waals surface area contributed by atoms with E-state index >= 15 is 0 Å². The molecule has 1 spiro atoms. The molecular formula is C24H31NO2. The number of methoxy groups -OCH3 is 1. The van der Waals surface area contributed by atoms with Gasteiger partial charge in [-0.1, -0.05) is 54.6 Å². The van der Waals surface area contributed by atoms with E-state index in [1.54, 1.807) is 7.11 Å². The molecule has 0 radical (unpaired) electrons. The van der Waals surface area contributed by atoms with Gasteiger partial charge in [0, 0.05) is 20.1 Å². The molecular weight excluding hydrogens is 334 g/mol. The lowest BCUT2D eigenvalue weighted by molar-refractivity contribution is -0.228. The second kappa shape index (κ2) is 8.55. The van der Waals surface area contributed by atoms with Gasteiger partial charge in [0.25, 0.3) is 0 Å². The predicted molar refractivity (Wildman–Crippen MR) is 109 cm³/mol. The highest BCUT2D eigenvalue weighted by atomic mass is 16.7. The summed E-state index contributed by atoms with van der Waals surface area (Å²) in [5.74, 6) is 0. The largest absolute Gasteiger partial charge is 0.355 e.